The number of nitrogens with zero attached hydrogens (tertiary/aromatic N) is 1. The Kier molecular flexibility index (Phi) is 13.9. The lowest BCUT2D eigenvalue weighted by Crippen LogP contribution is -2.46. The number of ketones is 3. The summed E-state index contributed by atoms with van der Waals surface area (Å²) in [7, 11) is 0. The minimum Gasteiger partial charge on any atom is -0.343 e. The Hall–Kier alpha value is -4.34. The van der Waals surface area contributed by atoms with Gasteiger partial charge in [0.25, 0.3) is 11.8 Å². The Bertz CT molecular complexity index is 1640. The molecular formula is C40H49F2N3O5. The highest BCUT2D eigenvalue weighted by Gasteiger charge is 2.40. The van der Waals surface area contributed by atoms with Gasteiger partial charge in [-0.15, -0.1) is 0 Å². The second-order valence-corrected chi connectivity index (χ2v) is 13.9. The number of benzene rings is 2. The standard InChI is InChI=1S/C40H49F2N3O5/c1-5-26-13-9-10-16-29(26)32(23-35(47)37(24(2)3)45-39(49)31-19-20-43-33-18-12-11-17-30(31)33)34(46)21-28(22-36(41)42)38(48)40(50)44-25(4)27-14-7-6-8-15-27/h6-8,11-12,14-15,17-20,24-26,28-29,32,36-37H,5,9-10,13,16,21-23H2,1-4H3,(H,44,50)(H,45,49)/t25-,26-,28?,29+,32-,37?/m0/s1. The number of Topliss-reactive ketones (excluding diaryl/α,β-unsaturated/α-hetero) is 3. The SMILES string of the molecule is CC[C@H]1CCCC[C@H]1[C@H](CC(=O)C(NC(=O)c1ccnc2ccccc12)C(C)C)C(=O)CC(CC(F)F)C(=O)C(=O)N[C@@H](C)c1ccccc1. The number of alkyl halides is 2. The van der Waals surface area contributed by atoms with Crippen molar-refractivity contribution >= 4 is 40.1 Å². The molecule has 1 fully saturated rings. The largest absolute Gasteiger partial charge is 0.343 e. The van der Waals surface area contributed by atoms with E-state index in [2.05, 4.69) is 15.6 Å². The molecule has 0 radical (unpaired) electrons. The predicted octanol–water partition coefficient (Wildman–Crippen LogP) is 7.46. The van der Waals surface area contributed by atoms with E-state index in [1.807, 2.05) is 32.9 Å². The van der Waals surface area contributed by atoms with Crippen LogP contribution in [0.15, 0.2) is 66.9 Å². The van der Waals surface area contributed by atoms with Crippen LogP contribution < -0.4 is 10.6 Å². The third kappa shape index (κ3) is 9.88. The number of fused-ring (bicyclic) bond motifs is 1. The molecule has 2 unspecified atom stereocenters. The number of carbonyl (C=O) groups is 5. The van der Waals surface area contributed by atoms with E-state index >= 15 is 0 Å². The van der Waals surface area contributed by atoms with Crippen LogP contribution in [0.25, 0.3) is 10.9 Å². The molecule has 0 spiro atoms. The topological polar surface area (TPSA) is 122 Å². The lowest BCUT2D eigenvalue weighted by Gasteiger charge is -2.37. The summed E-state index contributed by atoms with van der Waals surface area (Å²) in [5.41, 5.74) is 1.74. The van der Waals surface area contributed by atoms with Crippen molar-refractivity contribution in [2.75, 3.05) is 0 Å². The fraction of sp³-hybridized carbons (Fsp3) is 0.500. The van der Waals surface area contributed by atoms with E-state index in [9.17, 15) is 32.8 Å². The van der Waals surface area contributed by atoms with Gasteiger partial charge in [0.05, 0.1) is 23.2 Å². The van der Waals surface area contributed by atoms with Crippen molar-refractivity contribution in [2.24, 2.45) is 29.6 Å². The van der Waals surface area contributed by atoms with Crippen LogP contribution in [-0.4, -0.2) is 46.6 Å². The van der Waals surface area contributed by atoms with E-state index in [4.69, 9.17) is 0 Å². The molecule has 1 aromatic heterocycles. The van der Waals surface area contributed by atoms with Gasteiger partial charge in [-0.1, -0.05) is 95.0 Å². The van der Waals surface area contributed by atoms with Crippen molar-refractivity contribution in [3.8, 4) is 0 Å². The number of halogens is 2. The number of pyridine rings is 1. The maximum Gasteiger partial charge on any atom is 0.288 e. The summed E-state index contributed by atoms with van der Waals surface area (Å²) < 4.78 is 27.7. The molecular weight excluding hydrogens is 640 g/mol. The quantitative estimate of drug-likeness (QED) is 0.142. The van der Waals surface area contributed by atoms with Crippen LogP contribution in [0.4, 0.5) is 8.78 Å². The molecule has 10 heteroatoms. The third-order valence-electron chi connectivity index (χ3n) is 10.2. The van der Waals surface area contributed by atoms with Gasteiger partial charge >= 0.3 is 0 Å². The Morgan fingerprint density at radius 1 is 0.840 bits per heavy atom. The molecule has 2 N–H and O–H groups in total. The Balaban J connectivity index is 1.56. The fourth-order valence-corrected chi connectivity index (χ4v) is 7.42. The maximum absolute atomic E-state index is 14.2. The highest BCUT2D eigenvalue weighted by atomic mass is 19.3. The fourth-order valence-electron chi connectivity index (χ4n) is 7.42. The first-order chi connectivity index (χ1) is 23.9. The van der Waals surface area contributed by atoms with E-state index < -0.39 is 66.6 Å². The van der Waals surface area contributed by atoms with Gasteiger partial charge in [0, 0.05) is 42.7 Å². The van der Waals surface area contributed by atoms with Gasteiger partial charge in [-0.2, -0.15) is 0 Å². The monoisotopic (exact) mass is 689 g/mol. The van der Waals surface area contributed by atoms with Crippen molar-refractivity contribution < 1.29 is 32.8 Å². The average molecular weight is 690 g/mol. The van der Waals surface area contributed by atoms with Gasteiger partial charge in [0.1, 0.15) is 5.78 Å². The maximum atomic E-state index is 14.2. The van der Waals surface area contributed by atoms with Crippen molar-refractivity contribution in [1.29, 1.82) is 0 Å². The smallest absolute Gasteiger partial charge is 0.288 e. The molecule has 1 aliphatic carbocycles. The van der Waals surface area contributed by atoms with Crippen molar-refractivity contribution in [3.63, 3.8) is 0 Å². The van der Waals surface area contributed by atoms with Crippen molar-refractivity contribution in [3.05, 3.63) is 78.0 Å². The van der Waals surface area contributed by atoms with Crippen LogP contribution in [0.3, 0.4) is 0 Å². The molecule has 2 amide bonds. The first-order valence-corrected chi connectivity index (χ1v) is 17.8. The molecule has 1 heterocycles. The van der Waals surface area contributed by atoms with E-state index in [-0.39, 0.29) is 30.0 Å². The second-order valence-electron chi connectivity index (χ2n) is 13.9. The summed E-state index contributed by atoms with van der Waals surface area (Å²) in [6.07, 6.45) is 1.09. The van der Waals surface area contributed by atoms with Gasteiger partial charge < -0.3 is 10.6 Å². The minimum atomic E-state index is -2.92. The average Bonchev–Trinajstić information content (AvgIpc) is 3.11. The van der Waals surface area contributed by atoms with E-state index in [0.717, 1.165) is 31.2 Å². The zero-order chi connectivity index (χ0) is 36.4. The summed E-state index contributed by atoms with van der Waals surface area (Å²) in [5.74, 6) is -6.08. The molecule has 1 aliphatic rings. The molecule has 4 rings (SSSR count). The summed E-state index contributed by atoms with van der Waals surface area (Å²) >= 11 is 0. The van der Waals surface area contributed by atoms with Crippen molar-refractivity contribution in [2.45, 2.75) is 97.6 Å². The summed E-state index contributed by atoms with van der Waals surface area (Å²) in [6, 6.07) is 16.2. The second kappa shape index (κ2) is 18.1. The summed E-state index contributed by atoms with van der Waals surface area (Å²) in [4.78, 5) is 72.5. The van der Waals surface area contributed by atoms with Gasteiger partial charge in [0.15, 0.2) is 5.78 Å². The van der Waals surface area contributed by atoms with Gasteiger partial charge in [-0.3, -0.25) is 29.0 Å². The number of nitrogens with one attached hydrogen (secondary N) is 2. The van der Waals surface area contributed by atoms with E-state index in [1.54, 1.807) is 55.5 Å². The Labute approximate surface area is 293 Å². The molecule has 3 aromatic rings. The number of aromatic nitrogens is 1. The number of amides is 2. The highest BCUT2D eigenvalue weighted by Crippen LogP contribution is 2.40. The Morgan fingerprint density at radius 3 is 2.20 bits per heavy atom. The van der Waals surface area contributed by atoms with Crippen LogP contribution in [0.1, 0.15) is 101 Å². The van der Waals surface area contributed by atoms with Crippen LogP contribution in [0.5, 0.6) is 0 Å². The van der Waals surface area contributed by atoms with Crippen LogP contribution in [-0.2, 0) is 19.2 Å². The highest BCUT2D eigenvalue weighted by molar-refractivity contribution is 6.37. The number of hydrogen-bond donors (Lipinski definition) is 2. The molecule has 1 saturated carbocycles. The Morgan fingerprint density at radius 2 is 1.52 bits per heavy atom. The normalized spacial score (nSPS) is 18.6. The molecule has 0 bridgehead atoms. The minimum absolute atomic E-state index is 0.139. The predicted molar refractivity (Wildman–Crippen MR) is 188 cm³/mol. The van der Waals surface area contributed by atoms with Crippen LogP contribution >= 0.6 is 0 Å². The first kappa shape index (κ1) is 38.5. The summed E-state index contributed by atoms with van der Waals surface area (Å²) in [5, 5.41) is 6.13. The molecule has 268 valence electrons. The summed E-state index contributed by atoms with van der Waals surface area (Å²) in [6.45, 7) is 7.34. The third-order valence-corrected chi connectivity index (χ3v) is 10.2. The number of hydrogen-bond acceptors (Lipinski definition) is 6. The lowest BCUT2D eigenvalue weighted by molar-refractivity contribution is -0.143. The zero-order valence-corrected chi connectivity index (χ0v) is 29.4. The zero-order valence-electron chi connectivity index (χ0n) is 29.4. The van der Waals surface area contributed by atoms with Crippen LogP contribution in [0, 0.1) is 29.6 Å². The number of rotatable bonds is 17. The van der Waals surface area contributed by atoms with Gasteiger partial charge in [0.2, 0.25) is 12.2 Å². The number of para-hydroxylation sites is 1. The molecule has 2 aromatic carbocycles. The van der Waals surface area contributed by atoms with Crippen LogP contribution in [0.2, 0.25) is 0 Å². The lowest BCUT2D eigenvalue weighted by atomic mass is 9.67. The van der Waals surface area contributed by atoms with Gasteiger partial charge in [-0.05, 0) is 48.8 Å². The van der Waals surface area contributed by atoms with E-state index in [0.29, 0.717) is 22.9 Å². The molecule has 6 atom stereocenters. The van der Waals surface area contributed by atoms with Crippen molar-refractivity contribution in [1.82, 2.24) is 15.6 Å². The number of carbonyl (C=O) groups excluding carboxylic acids is 5. The first-order valence-electron chi connectivity index (χ1n) is 17.8. The van der Waals surface area contributed by atoms with E-state index in [1.165, 1.54) is 6.20 Å². The molecule has 8 nitrogen and oxygen atoms in total. The van der Waals surface area contributed by atoms with Gasteiger partial charge in [-0.25, -0.2) is 8.78 Å². The molecule has 0 saturated heterocycles. The molecule has 0 aliphatic heterocycles. The molecule has 50 heavy (non-hydrogen) atoms.